The zero-order valence-corrected chi connectivity index (χ0v) is 16.9. The van der Waals surface area contributed by atoms with Crippen molar-refractivity contribution in [3.8, 4) is 0 Å². The van der Waals surface area contributed by atoms with Crippen LogP contribution in [0.15, 0.2) is 48.5 Å². The molecule has 0 spiro atoms. The highest BCUT2D eigenvalue weighted by Gasteiger charge is 2.17. The van der Waals surface area contributed by atoms with Crippen LogP contribution in [0.5, 0.6) is 0 Å². The van der Waals surface area contributed by atoms with Gasteiger partial charge in [0.05, 0.1) is 0 Å². The van der Waals surface area contributed by atoms with E-state index in [0.717, 1.165) is 30.0 Å². The molecule has 6 heteroatoms. The summed E-state index contributed by atoms with van der Waals surface area (Å²) in [6.45, 7) is 4.13. The molecule has 0 radical (unpaired) electrons. The van der Waals surface area contributed by atoms with Gasteiger partial charge >= 0.3 is 0 Å². The van der Waals surface area contributed by atoms with Gasteiger partial charge < -0.3 is 15.1 Å². The summed E-state index contributed by atoms with van der Waals surface area (Å²) < 4.78 is 0. The number of halogens is 1. The number of amides is 2. The molecule has 1 fully saturated rings. The molecular formula is C22H26ClN3O2. The molecular weight excluding hydrogens is 374 g/mol. The number of anilines is 2. The van der Waals surface area contributed by atoms with Crippen LogP contribution in [0.4, 0.5) is 11.4 Å². The van der Waals surface area contributed by atoms with Crippen LogP contribution >= 0.6 is 11.6 Å². The first kappa shape index (κ1) is 20.2. The molecule has 0 bridgehead atoms. The molecule has 0 aliphatic carbocycles. The zero-order valence-electron chi connectivity index (χ0n) is 16.2. The Labute approximate surface area is 171 Å². The third-order valence-electron chi connectivity index (χ3n) is 4.94. The van der Waals surface area contributed by atoms with E-state index >= 15 is 0 Å². The Balaban J connectivity index is 1.54. The van der Waals surface area contributed by atoms with E-state index in [9.17, 15) is 9.59 Å². The minimum absolute atomic E-state index is 0.00788. The molecule has 28 heavy (non-hydrogen) atoms. The van der Waals surface area contributed by atoms with Crippen LogP contribution in [0, 0.1) is 0 Å². The standard InChI is InChI=1S/C22H26ClN3O2/c1-17(27)26(21-9-7-20(8-10-21)25-13-2-3-14-25)16-22(28)24-12-11-18-5-4-6-19(23)15-18/h4-10,15H,2-3,11-14,16H2,1H3,(H,24,28). The Morgan fingerprint density at radius 3 is 2.46 bits per heavy atom. The van der Waals surface area contributed by atoms with Crippen molar-refractivity contribution in [3.05, 3.63) is 59.1 Å². The summed E-state index contributed by atoms with van der Waals surface area (Å²) in [5.41, 5.74) is 2.96. The van der Waals surface area contributed by atoms with E-state index in [-0.39, 0.29) is 18.4 Å². The number of carbonyl (C=O) groups is 2. The summed E-state index contributed by atoms with van der Waals surface area (Å²) in [6.07, 6.45) is 3.13. The van der Waals surface area contributed by atoms with E-state index < -0.39 is 0 Å². The molecule has 0 unspecified atom stereocenters. The van der Waals surface area contributed by atoms with Gasteiger partial charge in [0.25, 0.3) is 0 Å². The maximum atomic E-state index is 12.3. The summed E-state index contributed by atoms with van der Waals surface area (Å²) >= 11 is 5.98. The Morgan fingerprint density at radius 2 is 1.82 bits per heavy atom. The van der Waals surface area contributed by atoms with Gasteiger partial charge in [0, 0.05) is 43.0 Å². The lowest BCUT2D eigenvalue weighted by Crippen LogP contribution is -2.40. The van der Waals surface area contributed by atoms with Crippen LogP contribution in [-0.2, 0) is 16.0 Å². The molecule has 3 rings (SSSR count). The fourth-order valence-electron chi connectivity index (χ4n) is 3.44. The van der Waals surface area contributed by atoms with Crippen molar-refractivity contribution in [1.82, 2.24) is 5.32 Å². The molecule has 2 amide bonds. The van der Waals surface area contributed by atoms with Crippen molar-refractivity contribution in [2.24, 2.45) is 0 Å². The minimum Gasteiger partial charge on any atom is -0.372 e. The quantitative estimate of drug-likeness (QED) is 0.773. The predicted octanol–water partition coefficient (Wildman–Crippen LogP) is 3.65. The van der Waals surface area contributed by atoms with Crippen LogP contribution in [0.2, 0.25) is 5.02 Å². The van der Waals surface area contributed by atoms with Crippen LogP contribution < -0.4 is 15.1 Å². The van der Waals surface area contributed by atoms with Crippen molar-refractivity contribution < 1.29 is 9.59 Å². The Morgan fingerprint density at radius 1 is 1.11 bits per heavy atom. The molecule has 0 saturated carbocycles. The lowest BCUT2D eigenvalue weighted by atomic mass is 10.1. The van der Waals surface area contributed by atoms with Crippen molar-refractivity contribution >= 4 is 34.8 Å². The van der Waals surface area contributed by atoms with Crippen LogP contribution in [0.1, 0.15) is 25.3 Å². The Bertz CT molecular complexity index is 817. The number of nitrogens with one attached hydrogen (secondary N) is 1. The molecule has 2 aromatic rings. The summed E-state index contributed by atoms with van der Waals surface area (Å²) in [6, 6.07) is 15.4. The Kier molecular flexibility index (Phi) is 6.93. The second-order valence-corrected chi connectivity index (χ2v) is 7.48. The van der Waals surface area contributed by atoms with Crippen molar-refractivity contribution in [3.63, 3.8) is 0 Å². The Hall–Kier alpha value is -2.53. The van der Waals surface area contributed by atoms with Crippen molar-refractivity contribution in [1.29, 1.82) is 0 Å². The zero-order chi connectivity index (χ0) is 19.9. The highest BCUT2D eigenvalue weighted by Crippen LogP contribution is 2.24. The molecule has 1 saturated heterocycles. The van der Waals surface area contributed by atoms with E-state index in [0.29, 0.717) is 18.0 Å². The molecule has 148 valence electrons. The second-order valence-electron chi connectivity index (χ2n) is 7.05. The molecule has 1 aliphatic heterocycles. The summed E-state index contributed by atoms with van der Waals surface area (Å²) in [5, 5.41) is 3.56. The molecule has 0 atom stereocenters. The van der Waals surface area contributed by atoms with Gasteiger partial charge in [0.2, 0.25) is 11.8 Å². The van der Waals surface area contributed by atoms with Crippen LogP contribution in [0.3, 0.4) is 0 Å². The van der Waals surface area contributed by atoms with E-state index in [1.807, 2.05) is 48.5 Å². The summed E-state index contributed by atoms with van der Waals surface area (Å²) in [7, 11) is 0. The molecule has 1 aliphatic rings. The van der Waals surface area contributed by atoms with Crippen LogP contribution in [-0.4, -0.2) is 38.0 Å². The van der Waals surface area contributed by atoms with Crippen LogP contribution in [0.25, 0.3) is 0 Å². The van der Waals surface area contributed by atoms with Gasteiger partial charge in [-0.05, 0) is 61.2 Å². The summed E-state index contributed by atoms with van der Waals surface area (Å²) in [5.74, 6) is -0.334. The third kappa shape index (κ3) is 5.49. The number of hydrogen-bond donors (Lipinski definition) is 1. The summed E-state index contributed by atoms with van der Waals surface area (Å²) in [4.78, 5) is 28.2. The predicted molar refractivity (Wildman–Crippen MR) is 114 cm³/mol. The average Bonchev–Trinajstić information content (AvgIpc) is 3.21. The van der Waals surface area contributed by atoms with Gasteiger partial charge in [-0.15, -0.1) is 0 Å². The van der Waals surface area contributed by atoms with E-state index in [1.165, 1.54) is 24.7 Å². The maximum Gasteiger partial charge on any atom is 0.240 e. The van der Waals surface area contributed by atoms with Gasteiger partial charge in [0.1, 0.15) is 6.54 Å². The normalized spacial score (nSPS) is 13.4. The number of carbonyl (C=O) groups excluding carboxylic acids is 2. The number of rotatable bonds is 7. The molecule has 1 N–H and O–H groups in total. The van der Waals surface area contributed by atoms with Gasteiger partial charge in [-0.1, -0.05) is 23.7 Å². The van der Waals surface area contributed by atoms with Gasteiger partial charge in [-0.2, -0.15) is 0 Å². The minimum atomic E-state index is -0.180. The average molecular weight is 400 g/mol. The molecule has 5 nitrogen and oxygen atoms in total. The second kappa shape index (κ2) is 9.60. The highest BCUT2D eigenvalue weighted by atomic mass is 35.5. The van der Waals surface area contributed by atoms with E-state index in [2.05, 4.69) is 10.2 Å². The number of nitrogens with zero attached hydrogens (tertiary/aromatic N) is 2. The molecule has 2 aromatic carbocycles. The fourth-order valence-corrected chi connectivity index (χ4v) is 3.65. The fraction of sp³-hybridized carbons (Fsp3) is 0.364. The first-order chi connectivity index (χ1) is 13.5. The van der Waals surface area contributed by atoms with E-state index in [1.54, 1.807) is 0 Å². The lowest BCUT2D eigenvalue weighted by molar-refractivity contribution is -0.123. The highest BCUT2D eigenvalue weighted by molar-refractivity contribution is 6.30. The smallest absolute Gasteiger partial charge is 0.240 e. The van der Waals surface area contributed by atoms with Gasteiger partial charge in [-0.25, -0.2) is 0 Å². The number of hydrogen-bond acceptors (Lipinski definition) is 3. The SMILES string of the molecule is CC(=O)N(CC(=O)NCCc1cccc(Cl)c1)c1ccc(N2CCCC2)cc1. The maximum absolute atomic E-state index is 12.3. The number of benzene rings is 2. The van der Waals surface area contributed by atoms with Gasteiger partial charge in [0.15, 0.2) is 0 Å². The third-order valence-corrected chi connectivity index (χ3v) is 5.17. The first-order valence-electron chi connectivity index (χ1n) is 9.67. The first-order valence-corrected chi connectivity index (χ1v) is 10.0. The van der Waals surface area contributed by atoms with Crippen molar-refractivity contribution in [2.45, 2.75) is 26.2 Å². The largest absolute Gasteiger partial charge is 0.372 e. The monoisotopic (exact) mass is 399 g/mol. The van der Waals surface area contributed by atoms with Crippen molar-refractivity contribution in [2.75, 3.05) is 36.0 Å². The molecule has 1 heterocycles. The topological polar surface area (TPSA) is 52.7 Å². The molecule has 0 aromatic heterocycles. The van der Waals surface area contributed by atoms with E-state index in [4.69, 9.17) is 11.6 Å². The lowest BCUT2D eigenvalue weighted by Gasteiger charge is -2.23. The van der Waals surface area contributed by atoms with Gasteiger partial charge in [-0.3, -0.25) is 9.59 Å².